The third-order valence-electron chi connectivity index (χ3n) is 2.39. The Bertz CT molecular complexity index is 573. The number of hydrogen-bond acceptors (Lipinski definition) is 2. The fourth-order valence-electron chi connectivity index (χ4n) is 1.58. The largest absolute Gasteiger partial charge is 0.478 e. The van der Waals surface area contributed by atoms with Gasteiger partial charge in [0.15, 0.2) is 0 Å². The molecule has 0 saturated carbocycles. The van der Waals surface area contributed by atoms with Crippen LogP contribution in [0.1, 0.15) is 20.7 Å². The molecule has 1 aromatic heterocycles. The molecule has 86 valence electrons. The molecule has 1 amide bonds. The van der Waals surface area contributed by atoms with Crippen LogP contribution < -0.4 is 5.73 Å². The molecule has 0 unspecified atom stereocenters. The minimum absolute atomic E-state index is 0.110. The van der Waals surface area contributed by atoms with Gasteiger partial charge in [0.1, 0.15) is 0 Å². The van der Waals surface area contributed by atoms with E-state index in [1.165, 1.54) is 18.2 Å². The summed E-state index contributed by atoms with van der Waals surface area (Å²) in [5.41, 5.74) is 6.10. The molecule has 0 atom stereocenters. The number of carbonyl (C=O) groups is 2. The first-order valence-electron chi connectivity index (χ1n) is 4.90. The van der Waals surface area contributed by atoms with Crippen LogP contribution in [0.4, 0.5) is 0 Å². The monoisotopic (exact) mass is 230 g/mol. The Morgan fingerprint density at radius 3 is 2.35 bits per heavy atom. The van der Waals surface area contributed by atoms with Crippen LogP contribution in [-0.4, -0.2) is 21.6 Å². The zero-order chi connectivity index (χ0) is 12.4. The summed E-state index contributed by atoms with van der Waals surface area (Å²) in [6.07, 6.45) is 3.43. The van der Waals surface area contributed by atoms with E-state index in [-0.39, 0.29) is 11.1 Å². The molecule has 2 aromatic rings. The van der Waals surface area contributed by atoms with Gasteiger partial charge in [-0.1, -0.05) is 0 Å². The third kappa shape index (κ3) is 2.03. The highest BCUT2D eigenvalue weighted by atomic mass is 16.4. The number of amides is 1. The highest BCUT2D eigenvalue weighted by molar-refractivity contribution is 5.98. The molecule has 3 N–H and O–H groups in total. The third-order valence-corrected chi connectivity index (χ3v) is 2.39. The van der Waals surface area contributed by atoms with Gasteiger partial charge in [-0.2, -0.15) is 0 Å². The summed E-state index contributed by atoms with van der Waals surface area (Å²) in [5, 5.41) is 8.91. The summed E-state index contributed by atoms with van der Waals surface area (Å²) in [5.74, 6) is -1.64. The molecule has 0 bridgehead atoms. The van der Waals surface area contributed by atoms with Crippen molar-refractivity contribution in [3.63, 3.8) is 0 Å². The topological polar surface area (TPSA) is 85.3 Å². The van der Waals surface area contributed by atoms with Crippen LogP contribution >= 0.6 is 0 Å². The lowest BCUT2D eigenvalue weighted by molar-refractivity contribution is 0.0696. The standard InChI is InChI=1S/C12H10N2O3/c13-11(15)9-4-3-8(12(16)17)7-10(9)14-5-1-2-6-14/h1-7H,(H2,13,15)(H,16,17). The molecule has 0 saturated heterocycles. The number of nitrogens with two attached hydrogens (primary N) is 1. The zero-order valence-electron chi connectivity index (χ0n) is 8.83. The van der Waals surface area contributed by atoms with Crippen LogP contribution in [0.25, 0.3) is 5.69 Å². The number of carboxylic acids is 1. The Morgan fingerprint density at radius 1 is 1.18 bits per heavy atom. The second kappa shape index (κ2) is 4.13. The molecule has 0 aliphatic carbocycles. The molecule has 5 nitrogen and oxygen atoms in total. The number of nitrogens with zero attached hydrogens (tertiary/aromatic N) is 1. The summed E-state index contributed by atoms with van der Waals surface area (Å²) in [7, 11) is 0. The number of carbonyl (C=O) groups excluding carboxylic acids is 1. The van der Waals surface area contributed by atoms with Crippen LogP contribution in [-0.2, 0) is 0 Å². The van der Waals surface area contributed by atoms with E-state index in [4.69, 9.17) is 10.8 Å². The highest BCUT2D eigenvalue weighted by Gasteiger charge is 2.12. The van der Waals surface area contributed by atoms with E-state index in [1.54, 1.807) is 29.1 Å². The van der Waals surface area contributed by atoms with Crippen LogP contribution in [0, 0.1) is 0 Å². The van der Waals surface area contributed by atoms with Crippen LogP contribution in [0.15, 0.2) is 42.7 Å². The fourth-order valence-corrected chi connectivity index (χ4v) is 1.58. The Balaban J connectivity index is 2.64. The maximum Gasteiger partial charge on any atom is 0.335 e. The maximum atomic E-state index is 11.3. The SMILES string of the molecule is NC(=O)c1ccc(C(=O)O)cc1-n1cccc1. The van der Waals surface area contributed by atoms with Gasteiger partial charge >= 0.3 is 5.97 Å². The Kier molecular flexibility index (Phi) is 2.66. The molecule has 0 radical (unpaired) electrons. The van der Waals surface area contributed by atoms with E-state index in [0.29, 0.717) is 5.69 Å². The van der Waals surface area contributed by atoms with Gasteiger partial charge in [0, 0.05) is 12.4 Å². The number of hydrogen-bond donors (Lipinski definition) is 2. The van der Waals surface area contributed by atoms with Crippen LogP contribution in [0.5, 0.6) is 0 Å². The smallest absolute Gasteiger partial charge is 0.335 e. The second-order valence-corrected chi connectivity index (χ2v) is 3.49. The molecule has 0 spiro atoms. The lowest BCUT2D eigenvalue weighted by Gasteiger charge is -2.09. The zero-order valence-corrected chi connectivity index (χ0v) is 8.83. The first-order chi connectivity index (χ1) is 8.09. The second-order valence-electron chi connectivity index (χ2n) is 3.49. The van der Waals surface area contributed by atoms with E-state index >= 15 is 0 Å². The molecule has 1 aromatic carbocycles. The highest BCUT2D eigenvalue weighted by Crippen LogP contribution is 2.17. The van der Waals surface area contributed by atoms with Crippen molar-refractivity contribution in [2.75, 3.05) is 0 Å². The summed E-state index contributed by atoms with van der Waals surface area (Å²) in [6, 6.07) is 7.75. The van der Waals surface area contributed by atoms with Crippen molar-refractivity contribution < 1.29 is 14.7 Å². The van der Waals surface area contributed by atoms with Crippen molar-refractivity contribution >= 4 is 11.9 Å². The van der Waals surface area contributed by atoms with E-state index < -0.39 is 11.9 Å². The predicted molar refractivity (Wildman–Crippen MR) is 61.2 cm³/mol. The summed E-state index contributed by atoms with van der Waals surface area (Å²) in [4.78, 5) is 22.1. The summed E-state index contributed by atoms with van der Waals surface area (Å²) < 4.78 is 1.65. The minimum atomic E-state index is -1.05. The Morgan fingerprint density at radius 2 is 1.82 bits per heavy atom. The van der Waals surface area contributed by atoms with Crippen LogP contribution in [0.2, 0.25) is 0 Å². The van der Waals surface area contributed by atoms with E-state index in [0.717, 1.165) is 0 Å². The van der Waals surface area contributed by atoms with Gasteiger partial charge in [-0.05, 0) is 30.3 Å². The van der Waals surface area contributed by atoms with Crippen molar-refractivity contribution in [3.05, 3.63) is 53.9 Å². The molecule has 0 aliphatic rings. The van der Waals surface area contributed by atoms with Crippen molar-refractivity contribution in [1.29, 1.82) is 0 Å². The van der Waals surface area contributed by atoms with Gasteiger partial charge in [-0.15, -0.1) is 0 Å². The predicted octanol–water partition coefficient (Wildman–Crippen LogP) is 1.27. The lowest BCUT2D eigenvalue weighted by Crippen LogP contribution is -2.15. The van der Waals surface area contributed by atoms with E-state index in [1.807, 2.05) is 0 Å². The van der Waals surface area contributed by atoms with Gasteiger partial charge in [0.25, 0.3) is 5.91 Å². The van der Waals surface area contributed by atoms with E-state index in [9.17, 15) is 9.59 Å². The average molecular weight is 230 g/mol. The number of rotatable bonds is 3. The molecule has 0 fully saturated rings. The van der Waals surface area contributed by atoms with Crippen molar-refractivity contribution in [3.8, 4) is 5.69 Å². The minimum Gasteiger partial charge on any atom is -0.478 e. The summed E-state index contributed by atoms with van der Waals surface area (Å²) in [6.45, 7) is 0. The molecule has 5 heteroatoms. The van der Waals surface area contributed by atoms with Gasteiger partial charge < -0.3 is 15.4 Å². The van der Waals surface area contributed by atoms with Gasteiger partial charge in [0.2, 0.25) is 0 Å². The average Bonchev–Trinajstić information content (AvgIpc) is 2.81. The summed E-state index contributed by atoms with van der Waals surface area (Å²) >= 11 is 0. The van der Waals surface area contributed by atoms with Gasteiger partial charge in [0.05, 0.1) is 16.8 Å². The normalized spacial score (nSPS) is 10.1. The fraction of sp³-hybridized carbons (Fsp3) is 0. The Labute approximate surface area is 97.1 Å². The number of aromatic carboxylic acids is 1. The molecular weight excluding hydrogens is 220 g/mol. The van der Waals surface area contributed by atoms with Crippen molar-refractivity contribution in [2.24, 2.45) is 5.73 Å². The molecule has 2 rings (SSSR count). The van der Waals surface area contributed by atoms with E-state index in [2.05, 4.69) is 0 Å². The molecular formula is C12H10N2O3. The van der Waals surface area contributed by atoms with Crippen molar-refractivity contribution in [2.45, 2.75) is 0 Å². The van der Waals surface area contributed by atoms with Crippen molar-refractivity contribution in [1.82, 2.24) is 4.57 Å². The van der Waals surface area contributed by atoms with Crippen LogP contribution in [0.3, 0.4) is 0 Å². The molecule has 1 heterocycles. The quantitative estimate of drug-likeness (QED) is 0.832. The molecule has 17 heavy (non-hydrogen) atoms. The first kappa shape index (κ1) is 10.9. The first-order valence-corrected chi connectivity index (χ1v) is 4.90. The maximum absolute atomic E-state index is 11.3. The Hall–Kier alpha value is -2.56. The lowest BCUT2D eigenvalue weighted by atomic mass is 10.1. The number of aromatic nitrogens is 1. The molecule has 0 aliphatic heterocycles. The van der Waals surface area contributed by atoms with Gasteiger partial charge in [-0.25, -0.2) is 4.79 Å². The number of benzene rings is 1. The van der Waals surface area contributed by atoms with Gasteiger partial charge in [-0.3, -0.25) is 4.79 Å². The number of carboxylic acid groups (broad SMARTS) is 1. The number of primary amides is 1.